The summed E-state index contributed by atoms with van der Waals surface area (Å²) >= 11 is 0. The summed E-state index contributed by atoms with van der Waals surface area (Å²) in [5.41, 5.74) is 2.56. The van der Waals surface area contributed by atoms with Crippen molar-refractivity contribution in [2.45, 2.75) is 26.3 Å². The van der Waals surface area contributed by atoms with Gasteiger partial charge in [0.05, 0.1) is 6.04 Å². The van der Waals surface area contributed by atoms with Crippen LogP contribution in [0.4, 0.5) is 0 Å². The molecule has 1 atom stereocenters. The van der Waals surface area contributed by atoms with Gasteiger partial charge in [-0.25, -0.2) is 4.98 Å². The summed E-state index contributed by atoms with van der Waals surface area (Å²) in [7, 11) is 0. The van der Waals surface area contributed by atoms with Gasteiger partial charge in [-0.15, -0.1) is 0 Å². The van der Waals surface area contributed by atoms with E-state index in [0.717, 1.165) is 18.8 Å². The molecule has 4 heteroatoms. The van der Waals surface area contributed by atoms with E-state index >= 15 is 0 Å². The van der Waals surface area contributed by atoms with E-state index in [1.54, 1.807) is 6.33 Å². The van der Waals surface area contributed by atoms with Crippen molar-refractivity contribution < 1.29 is 0 Å². The van der Waals surface area contributed by atoms with Gasteiger partial charge in [-0.05, 0) is 24.1 Å². The minimum absolute atomic E-state index is 0.0917. The molecule has 2 N–H and O–H groups in total. The van der Waals surface area contributed by atoms with Gasteiger partial charge in [-0.3, -0.25) is 5.10 Å². The third kappa shape index (κ3) is 2.71. The van der Waals surface area contributed by atoms with Crippen LogP contribution < -0.4 is 5.32 Å². The van der Waals surface area contributed by atoms with Crippen molar-refractivity contribution in [1.82, 2.24) is 20.5 Å². The van der Waals surface area contributed by atoms with E-state index < -0.39 is 0 Å². The van der Waals surface area contributed by atoms with Crippen molar-refractivity contribution in [3.8, 4) is 0 Å². The lowest BCUT2D eigenvalue weighted by Gasteiger charge is -2.16. The summed E-state index contributed by atoms with van der Waals surface area (Å²) in [6, 6.07) is 8.67. The summed E-state index contributed by atoms with van der Waals surface area (Å²) in [4.78, 5) is 4.24. The minimum atomic E-state index is 0.0917. The van der Waals surface area contributed by atoms with E-state index in [-0.39, 0.29) is 6.04 Å². The molecule has 0 amide bonds. The average Bonchev–Trinajstić information content (AvgIpc) is 2.89. The molecular weight excluding hydrogens is 212 g/mol. The Morgan fingerprint density at radius 1 is 1.35 bits per heavy atom. The van der Waals surface area contributed by atoms with Gasteiger partial charge in [-0.1, -0.05) is 38.1 Å². The number of rotatable bonds is 5. The fraction of sp³-hybridized carbons (Fsp3) is 0.385. The second kappa shape index (κ2) is 5.59. The first-order valence-corrected chi connectivity index (χ1v) is 6.02. The molecule has 1 aromatic heterocycles. The second-order valence-electron chi connectivity index (χ2n) is 3.96. The van der Waals surface area contributed by atoms with Gasteiger partial charge < -0.3 is 5.32 Å². The van der Waals surface area contributed by atoms with Gasteiger partial charge in [0, 0.05) is 0 Å². The number of hydrogen-bond acceptors (Lipinski definition) is 3. The van der Waals surface area contributed by atoms with Gasteiger partial charge in [0.15, 0.2) is 0 Å². The number of benzene rings is 1. The van der Waals surface area contributed by atoms with E-state index in [1.807, 2.05) is 0 Å². The molecule has 0 aliphatic heterocycles. The minimum Gasteiger partial charge on any atom is -0.304 e. The van der Waals surface area contributed by atoms with Crippen molar-refractivity contribution in [2.75, 3.05) is 6.54 Å². The lowest BCUT2D eigenvalue weighted by molar-refractivity contribution is 0.599. The van der Waals surface area contributed by atoms with Crippen LogP contribution in [0.15, 0.2) is 30.6 Å². The largest absolute Gasteiger partial charge is 0.304 e. The van der Waals surface area contributed by atoms with Gasteiger partial charge in [-0.2, -0.15) is 5.10 Å². The van der Waals surface area contributed by atoms with E-state index in [2.05, 4.69) is 58.6 Å². The van der Waals surface area contributed by atoms with Crippen LogP contribution in [0, 0.1) is 0 Å². The van der Waals surface area contributed by atoms with Gasteiger partial charge in [0.2, 0.25) is 0 Å². The summed E-state index contributed by atoms with van der Waals surface area (Å²) in [6.45, 7) is 5.14. The zero-order chi connectivity index (χ0) is 12.1. The highest BCUT2D eigenvalue weighted by Crippen LogP contribution is 2.19. The van der Waals surface area contributed by atoms with Gasteiger partial charge in [0.1, 0.15) is 12.2 Å². The third-order valence-electron chi connectivity index (χ3n) is 2.81. The highest BCUT2D eigenvalue weighted by Gasteiger charge is 2.15. The van der Waals surface area contributed by atoms with Crippen LogP contribution in [0.25, 0.3) is 0 Å². The Morgan fingerprint density at radius 3 is 2.88 bits per heavy atom. The Labute approximate surface area is 101 Å². The lowest BCUT2D eigenvalue weighted by atomic mass is 10.0. The van der Waals surface area contributed by atoms with Crippen molar-refractivity contribution in [3.05, 3.63) is 47.5 Å². The summed E-state index contributed by atoms with van der Waals surface area (Å²) in [6.07, 6.45) is 2.59. The van der Waals surface area contributed by atoms with Crippen molar-refractivity contribution >= 4 is 0 Å². The molecule has 0 fully saturated rings. The highest BCUT2D eigenvalue weighted by molar-refractivity contribution is 5.29. The predicted molar refractivity (Wildman–Crippen MR) is 67.7 cm³/mol. The molecule has 4 nitrogen and oxygen atoms in total. The zero-order valence-electron chi connectivity index (χ0n) is 10.3. The molecule has 2 aromatic rings. The molecule has 1 aromatic carbocycles. The van der Waals surface area contributed by atoms with Crippen LogP contribution in [-0.2, 0) is 6.42 Å². The first kappa shape index (κ1) is 11.8. The molecule has 0 radical (unpaired) electrons. The van der Waals surface area contributed by atoms with Crippen LogP contribution in [0.2, 0.25) is 0 Å². The Bertz CT molecular complexity index is 450. The van der Waals surface area contributed by atoms with E-state index in [9.17, 15) is 0 Å². The highest BCUT2D eigenvalue weighted by atomic mass is 15.2. The molecule has 0 aliphatic rings. The van der Waals surface area contributed by atoms with Gasteiger partial charge >= 0.3 is 0 Å². The maximum atomic E-state index is 4.24. The standard InChI is InChI=1S/C13H18N4/c1-3-10-6-5-7-11(8-10)12(14-4-2)13-15-9-16-17-13/h5-9,12,14H,3-4H2,1-2H3,(H,15,16,17). The quantitative estimate of drug-likeness (QED) is 0.826. The first-order chi connectivity index (χ1) is 8.35. The summed E-state index contributed by atoms with van der Waals surface area (Å²) < 4.78 is 0. The normalized spacial score (nSPS) is 12.6. The molecule has 0 spiro atoms. The predicted octanol–water partition coefficient (Wildman–Crippen LogP) is 2.07. The number of aromatic amines is 1. The fourth-order valence-corrected chi connectivity index (χ4v) is 1.92. The fourth-order valence-electron chi connectivity index (χ4n) is 1.92. The van der Waals surface area contributed by atoms with Crippen LogP contribution in [-0.4, -0.2) is 21.7 Å². The maximum absolute atomic E-state index is 4.24. The molecule has 1 unspecified atom stereocenters. The van der Waals surface area contributed by atoms with E-state index in [1.165, 1.54) is 11.1 Å². The number of H-pyrrole nitrogens is 1. The van der Waals surface area contributed by atoms with E-state index in [4.69, 9.17) is 0 Å². The summed E-state index contributed by atoms with van der Waals surface area (Å²) in [5.74, 6) is 0.861. The molecule has 17 heavy (non-hydrogen) atoms. The molecule has 1 heterocycles. The molecule has 90 valence electrons. The lowest BCUT2D eigenvalue weighted by Crippen LogP contribution is -2.23. The molecule has 0 saturated carbocycles. The average molecular weight is 230 g/mol. The monoisotopic (exact) mass is 230 g/mol. The number of aromatic nitrogens is 3. The first-order valence-electron chi connectivity index (χ1n) is 6.02. The van der Waals surface area contributed by atoms with Crippen molar-refractivity contribution in [3.63, 3.8) is 0 Å². The van der Waals surface area contributed by atoms with E-state index in [0.29, 0.717) is 0 Å². The molecular formula is C13H18N4. The Hall–Kier alpha value is -1.68. The Balaban J connectivity index is 2.32. The zero-order valence-corrected chi connectivity index (χ0v) is 10.3. The van der Waals surface area contributed by atoms with Crippen LogP contribution in [0.1, 0.15) is 36.8 Å². The van der Waals surface area contributed by atoms with Crippen LogP contribution in [0.5, 0.6) is 0 Å². The van der Waals surface area contributed by atoms with Crippen molar-refractivity contribution in [2.24, 2.45) is 0 Å². The van der Waals surface area contributed by atoms with Crippen LogP contribution in [0.3, 0.4) is 0 Å². The number of nitrogens with zero attached hydrogens (tertiary/aromatic N) is 2. The molecule has 0 saturated heterocycles. The van der Waals surface area contributed by atoms with Crippen molar-refractivity contribution in [1.29, 1.82) is 0 Å². The summed E-state index contributed by atoms with van der Waals surface area (Å²) in [5, 5.41) is 10.3. The SMILES string of the molecule is CCNC(c1cccc(CC)c1)c1ncn[nH]1. The van der Waals surface area contributed by atoms with Gasteiger partial charge in [0.25, 0.3) is 0 Å². The van der Waals surface area contributed by atoms with Crippen LogP contribution >= 0.6 is 0 Å². The number of hydrogen-bond donors (Lipinski definition) is 2. The maximum Gasteiger partial charge on any atom is 0.145 e. The third-order valence-corrected chi connectivity index (χ3v) is 2.81. The topological polar surface area (TPSA) is 53.6 Å². The number of aryl methyl sites for hydroxylation is 1. The molecule has 2 rings (SSSR count). The number of nitrogens with one attached hydrogen (secondary N) is 2. The smallest absolute Gasteiger partial charge is 0.145 e. The molecule has 0 aliphatic carbocycles. The Kier molecular flexibility index (Phi) is 3.88. The molecule has 0 bridgehead atoms. The second-order valence-corrected chi connectivity index (χ2v) is 3.96. The Morgan fingerprint density at radius 2 is 2.24 bits per heavy atom.